The highest BCUT2D eigenvalue weighted by molar-refractivity contribution is 6.09. The van der Waals surface area contributed by atoms with Gasteiger partial charge in [0.2, 0.25) is 0 Å². The molecule has 0 amide bonds. The van der Waals surface area contributed by atoms with Gasteiger partial charge in [0, 0.05) is 22.1 Å². The summed E-state index contributed by atoms with van der Waals surface area (Å²) in [6.07, 6.45) is 0. The van der Waals surface area contributed by atoms with E-state index in [1.165, 1.54) is 38.6 Å². The second-order valence-corrected chi connectivity index (χ2v) is 13.2. The van der Waals surface area contributed by atoms with Crippen LogP contribution in [-0.4, -0.2) is 4.98 Å². The Hall–Kier alpha value is -6.97. The van der Waals surface area contributed by atoms with Gasteiger partial charge in [-0.2, -0.15) is 0 Å². The molecule has 244 valence electrons. The third-order valence-corrected chi connectivity index (χ3v) is 10.0. The minimum absolute atomic E-state index is 0.786. The quantitative estimate of drug-likeness (QED) is 0.177. The molecule has 8 aromatic carbocycles. The Labute approximate surface area is 301 Å². The van der Waals surface area contributed by atoms with E-state index in [1.54, 1.807) is 0 Å². The lowest BCUT2D eigenvalue weighted by Crippen LogP contribution is -2.11. The highest BCUT2D eigenvalue weighted by Crippen LogP contribution is 2.45. The third kappa shape index (κ3) is 5.10. The van der Waals surface area contributed by atoms with Crippen molar-refractivity contribution in [3.63, 3.8) is 0 Å². The number of furan rings is 1. The molecule has 0 radical (unpaired) electrons. The number of rotatable bonds is 6. The normalized spacial score (nSPS) is 11.5. The highest BCUT2D eigenvalue weighted by atomic mass is 16.3. The molecule has 2 aromatic heterocycles. The molecule has 0 aliphatic carbocycles. The van der Waals surface area contributed by atoms with Crippen LogP contribution in [0.4, 0.5) is 17.1 Å². The van der Waals surface area contributed by atoms with Gasteiger partial charge in [0.25, 0.3) is 0 Å². The number of para-hydroxylation sites is 2. The number of benzene rings is 8. The van der Waals surface area contributed by atoms with Gasteiger partial charge in [0.05, 0.1) is 11.2 Å². The minimum Gasteiger partial charge on any atom is -0.454 e. The van der Waals surface area contributed by atoms with Crippen molar-refractivity contribution in [1.29, 1.82) is 0 Å². The maximum absolute atomic E-state index is 6.27. The van der Waals surface area contributed by atoms with Crippen molar-refractivity contribution in [2.24, 2.45) is 0 Å². The van der Waals surface area contributed by atoms with Crippen molar-refractivity contribution in [2.75, 3.05) is 4.90 Å². The van der Waals surface area contributed by atoms with Gasteiger partial charge in [-0.15, -0.1) is 0 Å². The first-order valence-electron chi connectivity index (χ1n) is 17.6. The Balaban J connectivity index is 1.26. The number of fused-ring (bicyclic) bond motifs is 5. The molecule has 0 saturated carbocycles. The lowest BCUT2D eigenvalue weighted by atomic mass is 9.90. The Bertz CT molecular complexity index is 2910. The van der Waals surface area contributed by atoms with E-state index in [-0.39, 0.29) is 0 Å². The van der Waals surface area contributed by atoms with Crippen LogP contribution in [-0.2, 0) is 0 Å². The van der Waals surface area contributed by atoms with E-state index in [0.29, 0.717) is 0 Å². The lowest BCUT2D eigenvalue weighted by molar-refractivity contribution is 0.669. The molecule has 3 heteroatoms. The number of pyridine rings is 1. The van der Waals surface area contributed by atoms with Crippen LogP contribution in [0.1, 0.15) is 0 Å². The summed E-state index contributed by atoms with van der Waals surface area (Å²) in [6, 6.07) is 68.9. The zero-order valence-electron chi connectivity index (χ0n) is 28.3. The van der Waals surface area contributed by atoms with Crippen molar-refractivity contribution in [2.45, 2.75) is 0 Å². The van der Waals surface area contributed by atoms with Crippen molar-refractivity contribution >= 4 is 60.8 Å². The van der Waals surface area contributed by atoms with Gasteiger partial charge in [-0.05, 0) is 92.7 Å². The molecule has 0 aliphatic heterocycles. The van der Waals surface area contributed by atoms with Crippen LogP contribution in [0.3, 0.4) is 0 Å². The maximum Gasteiger partial charge on any atom is 0.154 e. The van der Waals surface area contributed by atoms with Gasteiger partial charge in [-0.1, -0.05) is 146 Å². The van der Waals surface area contributed by atoms with E-state index < -0.39 is 0 Å². The predicted octanol–water partition coefficient (Wildman–Crippen LogP) is 13.8. The molecular formula is C49H32N2O. The lowest BCUT2D eigenvalue weighted by Gasteiger charge is -2.28. The topological polar surface area (TPSA) is 29.3 Å². The molecule has 0 spiro atoms. The van der Waals surface area contributed by atoms with E-state index in [9.17, 15) is 0 Å². The summed E-state index contributed by atoms with van der Waals surface area (Å²) < 4.78 is 6.27. The van der Waals surface area contributed by atoms with E-state index >= 15 is 0 Å². The van der Waals surface area contributed by atoms with Crippen LogP contribution >= 0.6 is 0 Å². The Morgan fingerprint density at radius 2 is 1.02 bits per heavy atom. The number of hydrogen-bond donors (Lipinski definition) is 0. The molecule has 0 atom stereocenters. The molecule has 0 N–H and O–H groups in total. The Morgan fingerprint density at radius 1 is 0.365 bits per heavy atom. The summed E-state index contributed by atoms with van der Waals surface area (Å²) in [7, 11) is 0. The number of anilines is 3. The molecule has 2 heterocycles. The van der Waals surface area contributed by atoms with Gasteiger partial charge >= 0.3 is 0 Å². The number of nitrogens with zero attached hydrogens (tertiary/aromatic N) is 2. The fraction of sp³-hybridized carbons (Fsp3) is 0. The molecule has 10 aromatic rings. The smallest absolute Gasteiger partial charge is 0.154 e. The van der Waals surface area contributed by atoms with Crippen LogP contribution in [0.25, 0.3) is 77.1 Å². The van der Waals surface area contributed by atoms with Crippen molar-refractivity contribution in [3.8, 4) is 33.4 Å². The van der Waals surface area contributed by atoms with Crippen LogP contribution in [0.15, 0.2) is 199 Å². The van der Waals surface area contributed by atoms with E-state index in [1.807, 2.05) is 18.2 Å². The molecule has 0 bridgehead atoms. The van der Waals surface area contributed by atoms with Gasteiger partial charge in [0.15, 0.2) is 5.58 Å². The van der Waals surface area contributed by atoms with Crippen LogP contribution in [0.2, 0.25) is 0 Å². The Morgan fingerprint density at radius 3 is 1.88 bits per heavy atom. The zero-order valence-corrected chi connectivity index (χ0v) is 28.3. The maximum atomic E-state index is 6.27. The van der Waals surface area contributed by atoms with Crippen LogP contribution < -0.4 is 4.90 Å². The van der Waals surface area contributed by atoms with Gasteiger partial charge in [-0.25, -0.2) is 4.98 Å². The van der Waals surface area contributed by atoms with Gasteiger partial charge in [0.1, 0.15) is 11.1 Å². The number of aromatic nitrogens is 1. The fourth-order valence-electron chi connectivity index (χ4n) is 7.59. The van der Waals surface area contributed by atoms with E-state index in [0.717, 1.165) is 55.6 Å². The molecule has 3 nitrogen and oxygen atoms in total. The first-order valence-corrected chi connectivity index (χ1v) is 17.6. The second kappa shape index (κ2) is 12.4. The summed E-state index contributed by atoms with van der Waals surface area (Å²) in [6.45, 7) is 0. The fourth-order valence-corrected chi connectivity index (χ4v) is 7.59. The second-order valence-electron chi connectivity index (χ2n) is 13.2. The van der Waals surface area contributed by atoms with Gasteiger partial charge in [-0.3, -0.25) is 0 Å². The highest BCUT2D eigenvalue weighted by Gasteiger charge is 2.21. The first-order chi connectivity index (χ1) is 25.8. The van der Waals surface area contributed by atoms with Crippen molar-refractivity contribution < 1.29 is 4.42 Å². The minimum atomic E-state index is 0.786. The summed E-state index contributed by atoms with van der Waals surface area (Å²) in [5.74, 6) is 0. The summed E-state index contributed by atoms with van der Waals surface area (Å²) in [4.78, 5) is 7.73. The average Bonchev–Trinajstić information content (AvgIpc) is 3.58. The standard InChI is InChI=1S/C49H32N2O/c1-3-14-33(15-4-1)36-20-11-22-38(30-36)51(45-26-13-21-37-31-47-49(50-48(37)45)43-24-9-10-27-46(43)52-47)39-28-29-41(34-16-5-2-6-17-34)44(32-39)42-25-12-19-35-18-7-8-23-40(35)42/h1-32H. The summed E-state index contributed by atoms with van der Waals surface area (Å²) in [5, 5.41) is 4.46. The summed E-state index contributed by atoms with van der Waals surface area (Å²) >= 11 is 0. The molecule has 52 heavy (non-hydrogen) atoms. The molecule has 0 aliphatic rings. The van der Waals surface area contributed by atoms with Crippen LogP contribution in [0, 0.1) is 0 Å². The van der Waals surface area contributed by atoms with Crippen molar-refractivity contribution in [3.05, 3.63) is 194 Å². The van der Waals surface area contributed by atoms with Crippen molar-refractivity contribution in [1.82, 2.24) is 4.98 Å². The molecule has 0 fully saturated rings. The van der Waals surface area contributed by atoms with Gasteiger partial charge < -0.3 is 9.32 Å². The Kier molecular flexibility index (Phi) is 7.14. The molecular weight excluding hydrogens is 633 g/mol. The molecule has 10 rings (SSSR count). The first kappa shape index (κ1) is 29.9. The number of hydrogen-bond acceptors (Lipinski definition) is 3. The molecule has 0 unspecified atom stereocenters. The third-order valence-electron chi connectivity index (χ3n) is 10.0. The predicted molar refractivity (Wildman–Crippen MR) is 218 cm³/mol. The zero-order chi connectivity index (χ0) is 34.4. The van der Waals surface area contributed by atoms with Crippen LogP contribution in [0.5, 0.6) is 0 Å². The van der Waals surface area contributed by atoms with E-state index in [2.05, 4.69) is 181 Å². The van der Waals surface area contributed by atoms with E-state index in [4.69, 9.17) is 9.40 Å². The largest absolute Gasteiger partial charge is 0.454 e. The molecule has 0 saturated heterocycles. The monoisotopic (exact) mass is 664 g/mol. The summed E-state index contributed by atoms with van der Waals surface area (Å²) in [5.41, 5.74) is 13.5. The SMILES string of the molecule is c1ccc(-c2cccc(N(c3ccc(-c4ccccc4)c(-c4cccc5ccccc45)c3)c3cccc4cc5oc6ccccc6c5nc34)c2)cc1. The average molecular weight is 665 g/mol.